The second kappa shape index (κ2) is 6.47. The summed E-state index contributed by atoms with van der Waals surface area (Å²) in [4.78, 5) is 20.7. The molecule has 1 aliphatic carbocycles. The minimum absolute atomic E-state index is 0.319. The third-order valence-electron chi connectivity index (χ3n) is 5.16. The summed E-state index contributed by atoms with van der Waals surface area (Å²) in [6, 6.07) is 0. The molecule has 1 saturated heterocycles. The van der Waals surface area contributed by atoms with E-state index in [-0.39, 0.29) is 0 Å². The minimum atomic E-state index is 0.319. The Kier molecular flexibility index (Phi) is 4.63. The zero-order chi connectivity index (χ0) is 14.8. The molecule has 0 radical (unpaired) electrons. The molecular formula is C17H26N2OS. The van der Waals surface area contributed by atoms with Crippen molar-refractivity contribution in [3.05, 3.63) is 15.6 Å². The van der Waals surface area contributed by atoms with E-state index in [9.17, 15) is 4.79 Å². The highest BCUT2D eigenvalue weighted by molar-refractivity contribution is 7.11. The number of thiazole rings is 1. The Morgan fingerprint density at radius 1 is 1.10 bits per heavy atom. The van der Waals surface area contributed by atoms with Crippen molar-refractivity contribution in [3.63, 3.8) is 0 Å². The topological polar surface area (TPSA) is 33.2 Å². The van der Waals surface area contributed by atoms with Gasteiger partial charge in [-0.25, -0.2) is 4.98 Å². The fourth-order valence-electron chi connectivity index (χ4n) is 3.63. The van der Waals surface area contributed by atoms with Crippen molar-refractivity contribution in [3.8, 4) is 0 Å². The zero-order valence-electron chi connectivity index (χ0n) is 13.2. The van der Waals surface area contributed by atoms with Crippen LogP contribution in [0.25, 0.3) is 0 Å². The Hall–Kier alpha value is -0.900. The molecule has 1 aromatic rings. The van der Waals surface area contributed by atoms with Gasteiger partial charge in [-0.3, -0.25) is 4.79 Å². The Morgan fingerprint density at radius 2 is 1.76 bits per heavy atom. The lowest BCUT2D eigenvalue weighted by molar-refractivity contribution is -0.137. The summed E-state index contributed by atoms with van der Waals surface area (Å²) in [5.74, 6) is 1.32. The van der Waals surface area contributed by atoms with Crippen LogP contribution in [0.1, 0.15) is 66.4 Å². The first-order chi connectivity index (χ1) is 10.1. The molecule has 0 N–H and O–H groups in total. The van der Waals surface area contributed by atoms with Gasteiger partial charge in [0.05, 0.1) is 10.7 Å². The molecule has 21 heavy (non-hydrogen) atoms. The number of aryl methyl sites for hydroxylation is 2. The minimum Gasteiger partial charge on any atom is -0.342 e. The maximum absolute atomic E-state index is 12.6. The maximum atomic E-state index is 12.6. The van der Waals surface area contributed by atoms with E-state index in [0.29, 0.717) is 17.7 Å². The largest absolute Gasteiger partial charge is 0.342 e. The van der Waals surface area contributed by atoms with Gasteiger partial charge in [-0.1, -0.05) is 19.3 Å². The van der Waals surface area contributed by atoms with Gasteiger partial charge in [0.15, 0.2) is 0 Å². The van der Waals surface area contributed by atoms with Crippen molar-refractivity contribution in [2.75, 3.05) is 13.1 Å². The van der Waals surface area contributed by atoms with Crippen LogP contribution in [0.4, 0.5) is 0 Å². The lowest BCUT2D eigenvalue weighted by Gasteiger charge is -2.34. The predicted molar refractivity (Wildman–Crippen MR) is 86.7 cm³/mol. The number of aromatic nitrogens is 1. The fourth-order valence-corrected chi connectivity index (χ4v) is 4.72. The van der Waals surface area contributed by atoms with E-state index in [0.717, 1.165) is 38.8 Å². The molecule has 1 aromatic heterocycles. The molecule has 116 valence electrons. The molecule has 0 atom stereocenters. The van der Waals surface area contributed by atoms with Gasteiger partial charge >= 0.3 is 0 Å². The van der Waals surface area contributed by atoms with Crippen LogP contribution in [0, 0.1) is 19.8 Å². The predicted octanol–water partition coefficient (Wildman–Crippen LogP) is 4.05. The lowest BCUT2D eigenvalue weighted by atomic mass is 9.87. The van der Waals surface area contributed by atoms with Gasteiger partial charge in [0.1, 0.15) is 0 Å². The molecule has 0 aromatic carbocycles. The Balaban J connectivity index is 1.56. The molecule has 1 aliphatic heterocycles. The number of carbonyl (C=O) groups is 1. The quantitative estimate of drug-likeness (QED) is 0.826. The van der Waals surface area contributed by atoms with Crippen molar-refractivity contribution < 1.29 is 4.79 Å². The van der Waals surface area contributed by atoms with Gasteiger partial charge in [0.25, 0.3) is 0 Å². The molecule has 4 heteroatoms. The number of nitrogens with zero attached hydrogens (tertiary/aromatic N) is 2. The molecule has 3 rings (SSSR count). The summed E-state index contributed by atoms with van der Waals surface area (Å²) < 4.78 is 0. The highest BCUT2D eigenvalue weighted by Gasteiger charge is 2.30. The lowest BCUT2D eigenvalue weighted by Crippen LogP contribution is -2.41. The second-order valence-electron chi connectivity index (χ2n) is 6.63. The molecule has 1 amide bonds. The Morgan fingerprint density at radius 3 is 2.33 bits per heavy atom. The molecular weight excluding hydrogens is 280 g/mol. The van der Waals surface area contributed by atoms with Gasteiger partial charge in [-0.2, -0.15) is 0 Å². The Bertz CT molecular complexity index is 477. The number of amides is 1. The first kappa shape index (κ1) is 15.0. The van der Waals surface area contributed by atoms with Crippen molar-refractivity contribution in [2.24, 2.45) is 5.92 Å². The van der Waals surface area contributed by atoms with E-state index >= 15 is 0 Å². The standard InChI is InChI=1S/C17H26N2OS/c1-12-13(2)21-16(18-12)14-8-10-19(11-9-14)17(20)15-6-4-3-5-7-15/h14-15H,3-11H2,1-2H3. The van der Waals surface area contributed by atoms with Crippen molar-refractivity contribution in [1.82, 2.24) is 9.88 Å². The van der Waals surface area contributed by atoms with E-state index in [1.165, 1.54) is 34.8 Å². The normalized spacial score (nSPS) is 21.7. The van der Waals surface area contributed by atoms with Crippen molar-refractivity contribution in [2.45, 2.75) is 64.7 Å². The smallest absolute Gasteiger partial charge is 0.225 e. The maximum Gasteiger partial charge on any atom is 0.225 e. The number of likely N-dealkylation sites (tertiary alicyclic amines) is 1. The number of hydrogen-bond acceptors (Lipinski definition) is 3. The van der Waals surface area contributed by atoms with Crippen molar-refractivity contribution in [1.29, 1.82) is 0 Å². The molecule has 0 unspecified atom stereocenters. The van der Waals surface area contributed by atoms with Gasteiger partial charge in [-0.15, -0.1) is 11.3 Å². The first-order valence-corrected chi connectivity index (χ1v) is 9.19. The van der Waals surface area contributed by atoms with Gasteiger partial charge in [0.2, 0.25) is 5.91 Å². The number of carbonyl (C=O) groups excluding carboxylic acids is 1. The van der Waals surface area contributed by atoms with Crippen LogP contribution in [0.2, 0.25) is 0 Å². The van der Waals surface area contributed by atoms with Crippen LogP contribution >= 0.6 is 11.3 Å². The monoisotopic (exact) mass is 306 g/mol. The molecule has 3 nitrogen and oxygen atoms in total. The van der Waals surface area contributed by atoms with Gasteiger partial charge in [-0.05, 0) is 39.5 Å². The van der Waals surface area contributed by atoms with E-state index in [1.54, 1.807) is 0 Å². The van der Waals surface area contributed by atoms with Gasteiger partial charge < -0.3 is 4.90 Å². The molecule has 1 saturated carbocycles. The molecule has 2 heterocycles. The molecule has 0 spiro atoms. The van der Waals surface area contributed by atoms with Crippen LogP contribution < -0.4 is 0 Å². The van der Waals surface area contributed by atoms with Crippen LogP contribution in [0.5, 0.6) is 0 Å². The van der Waals surface area contributed by atoms with Crippen LogP contribution in [0.3, 0.4) is 0 Å². The summed E-state index contributed by atoms with van der Waals surface area (Å²) in [5.41, 5.74) is 1.18. The van der Waals surface area contributed by atoms with E-state index < -0.39 is 0 Å². The summed E-state index contributed by atoms with van der Waals surface area (Å²) in [5, 5.41) is 1.29. The van der Waals surface area contributed by atoms with Crippen LogP contribution in [-0.2, 0) is 4.79 Å². The SMILES string of the molecule is Cc1nc(C2CCN(C(=O)C3CCCCC3)CC2)sc1C. The number of piperidine rings is 1. The van der Waals surface area contributed by atoms with E-state index in [4.69, 9.17) is 4.98 Å². The highest BCUT2D eigenvalue weighted by Crippen LogP contribution is 2.33. The zero-order valence-corrected chi connectivity index (χ0v) is 14.0. The summed E-state index contributed by atoms with van der Waals surface area (Å²) in [6.07, 6.45) is 8.20. The summed E-state index contributed by atoms with van der Waals surface area (Å²) in [7, 11) is 0. The first-order valence-electron chi connectivity index (χ1n) is 8.38. The van der Waals surface area contributed by atoms with Crippen molar-refractivity contribution >= 4 is 17.2 Å². The molecule has 2 aliphatic rings. The number of hydrogen-bond donors (Lipinski definition) is 0. The third-order valence-corrected chi connectivity index (χ3v) is 6.39. The van der Waals surface area contributed by atoms with E-state index in [1.807, 2.05) is 11.3 Å². The van der Waals surface area contributed by atoms with Crippen LogP contribution in [0.15, 0.2) is 0 Å². The molecule has 2 fully saturated rings. The average molecular weight is 306 g/mol. The average Bonchev–Trinajstić information content (AvgIpc) is 2.87. The summed E-state index contributed by atoms with van der Waals surface area (Å²) >= 11 is 1.84. The summed E-state index contributed by atoms with van der Waals surface area (Å²) in [6.45, 7) is 6.10. The Labute approximate surface area is 131 Å². The number of rotatable bonds is 2. The fraction of sp³-hybridized carbons (Fsp3) is 0.765. The molecule has 0 bridgehead atoms. The highest BCUT2D eigenvalue weighted by atomic mass is 32.1. The second-order valence-corrected chi connectivity index (χ2v) is 7.86. The van der Waals surface area contributed by atoms with Crippen LogP contribution in [-0.4, -0.2) is 28.9 Å². The van der Waals surface area contributed by atoms with E-state index in [2.05, 4.69) is 18.7 Å². The third kappa shape index (κ3) is 3.31. The van der Waals surface area contributed by atoms with Gasteiger partial charge in [0, 0.05) is 29.8 Å².